The van der Waals surface area contributed by atoms with Crippen LogP contribution in [0.3, 0.4) is 0 Å². The molecule has 3 saturated heterocycles. The van der Waals surface area contributed by atoms with Gasteiger partial charge in [-0.15, -0.1) is 0 Å². The summed E-state index contributed by atoms with van der Waals surface area (Å²) in [6.07, 6.45) is 13.0. The molecule has 0 aromatic heterocycles. The molecular formula is C50H79NO14. The molecule has 4 heterocycles. The molecule has 4 rings (SSSR count). The smallest absolute Gasteiger partial charge is 0.308 e. The number of carbonyl (C=O) groups excluding carboxylic acids is 1. The van der Waals surface area contributed by atoms with Crippen molar-refractivity contribution < 1.29 is 69.3 Å². The van der Waals surface area contributed by atoms with Crippen molar-refractivity contribution in [2.24, 2.45) is 35.3 Å². The lowest BCUT2D eigenvalue weighted by molar-refractivity contribution is -0.309. The van der Waals surface area contributed by atoms with Gasteiger partial charge in [-0.05, 0) is 57.3 Å². The van der Waals surface area contributed by atoms with Crippen molar-refractivity contribution in [2.75, 3.05) is 0 Å². The van der Waals surface area contributed by atoms with Crippen LogP contribution in [-0.2, 0) is 28.5 Å². The van der Waals surface area contributed by atoms with Crippen molar-refractivity contribution >= 4 is 5.97 Å². The largest absolute Gasteiger partial charge is 0.463 e. The van der Waals surface area contributed by atoms with Crippen LogP contribution in [0.2, 0.25) is 0 Å². The summed E-state index contributed by atoms with van der Waals surface area (Å²) in [5.74, 6) is -3.12. The van der Waals surface area contributed by atoms with Crippen LogP contribution in [0.15, 0.2) is 85.1 Å². The molecule has 14 unspecified atom stereocenters. The van der Waals surface area contributed by atoms with E-state index in [9.17, 15) is 45.6 Å². The average molecular weight is 918 g/mol. The Morgan fingerprint density at radius 2 is 1.23 bits per heavy atom. The predicted octanol–water partition coefficient (Wildman–Crippen LogP) is 3.92. The number of hydrogen-bond acceptors (Lipinski definition) is 15. The molecule has 4 aliphatic heterocycles. The molecule has 0 amide bonds. The van der Waals surface area contributed by atoms with Crippen LogP contribution in [0, 0.1) is 29.6 Å². The summed E-state index contributed by atoms with van der Waals surface area (Å²) in [6.45, 7) is 11.9. The number of ether oxygens (including phenoxy) is 5. The quantitative estimate of drug-likeness (QED) is 0.144. The van der Waals surface area contributed by atoms with E-state index in [4.69, 9.17) is 29.4 Å². The minimum Gasteiger partial charge on any atom is -0.463 e. The molecule has 0 radical (unpaired) electrons. The van der Waals surface area contributed by atoms with Gasteiger partial charge in [-0.2, -0.15) is 0 Å². The van der Waals surface area contributed by atoms with Crippen LogP contribution in [0.1, 0.15) is 99.3 Å². The summed E-state index contributed by atoms with van der Waals surface area (Å²) < 4.78 is 30.1. The van der Waals surface area contributed by atoms with Gasteiger partial charge in [-0.25, -0.2) is 0 Å². The lowest BCUT2D eigenvalue weighted by Gasteiger charge is -2.46. The molecule has 65 heavy (non-hydrogen) atoms. The van der Waals surface area contributed by atoms with Gasteiger partial charge in [0.1, 0.15) is 6.10 Å². The molecule has 3 fully saturated rings. The van der Waals surface area contributed by atoms with Crippen molar-refractivity contribution in [3.63, 3.8) is 0 Å². The predicted molar refractivity (Wildman–Crippen MR) is 245 cm³/mol. The Balaban J connectivity index is 1.54. The molecule has 4 aliphatic rings. The van der Waals surface area contributed by atoms with Crippen molar-refractivity contribution in [3.05, 3.63) is 85.1 Å². The third-order valence-corrected chi connectivity index (χ3v) is 13.3. The minimum atomic E-state index is -2.09. The van der Waals surface area contributed by atoms with Gasteiger partial charge in [0, 0.05) is 43.6 Å². The standard InChI is InChI=1S/C50H79NO14/c1-30-19-17-15-13-11-9-7-8-10-12-14-16-18-20-39(63-49-34(5)46(51)33(4)35(6)62-49)27-43-45(47-48(59)64-47)42(57)29-50(60,65-43)28-38(54)25-41(56)40(55)22-21-36(52)24-37(53)26-44(58)61-32(3)23-31(30)2/h7-20,30-43,45-49,52-57,59-60H,21-29,51H2,1-6H3/b8-7+,11-9+,12-10+,15-13+,16-14+,19-17+,20-18+/t30-,31?,32-,33?,34?,35+,36?,37?,38?,39?,40?,41?,42-,43-,45?,46-,47?,48?,49?,50?/m0/s1. The van der Waals surface area contributed by atoms with Gasteiger partial charge in [0.05, 0.1) is 67.5 Å². The molecule has 2 bridgehead atoms. The molecule has 15 nitrogen and oxygen atoms in total. The molecular weight excluding hydrogens is 839 g/mol. The number of fused-ring (bicyclic) bond motifs is 2. The van der Waals surface area contributed by atoms with Crippen LogP contribution in [-0.4, -0.2) is 138 Å². The number of aliphatic hydroxyl groups excluding tert-OH is 7. The van der Waals surface area contributed by atoms with E-state index in [1.807, 2.05) is 99.8 Å². The fourth-order valence-electron chi connectivity index (χ4n) is 8.92. The number of cyclic esters (lactones) is 1. The summed E-state index contributed by atoms with van der Waals surface area (Å²) >= 11 is 0. The van der Waals surface area contributed by atoms with E-state index in [0.717, 1.165) is 0 Å². The van der Waals surface area contributed by atoms with E-state index in [1.165, 1.54) is 0 Å². The van der Waals surface area contributed by atoms with E-state index < -0.39 is 91.6 Å². The Kier molecular flexibility index (Phi) is 22.4. The molecule has 10 N–H and O–H groups in total. The second-order valence-electron chi connectivity index (χ2n) is 19.0. The Morgan fingerprint density at radius 1 is 0.646 bits per heavy atom. The zero-order valence-corrected chi connectivity index (χ0v) is 39.0. The number of aliphatic hydroxyl groups is 8. The first kappa shape index (κ1) is 54.7. The highest BCUT2D eigenvalue weighted by Gasteiger charge is 2.57. The second kappa shape index (κ2) is 26.6. The summed E-state index contributed by atoms with van der Waals surface area (Å²) in [4.78, 5) is 12.6. The van der Waals surface area contributed by atoms with Crippen molar-refractivity contribution in [1.29, 1.82) is 0 Å². The van der Waals surface area contributed by atoms with Crippen molar-refractivity contribution in [2.45, 2.75) is 191 Å². The van der Waals surface area contributed by atoms with Gasteiger partial charge in [0.15, 0.2) is 18.4 Å². The topological polar surface area (TPSA) is 254 Å². The average Bonchev–Trinajstić information content (AvgIpc) is 3.94. The zero-order chi connectivity index (χ0) is 47.8. The van der Waals surface area contributed by atoms with Crippen molar-refractivity contribution in [1.82, 2.24) is 0 Å². The van der Waals surface area contributed by atoms with Gasteiger partial charge in [0.2, 0.25) is 0 Å². The van der Waals surface area contributed by atoms with E-state index in [-0.39, 0.29) is 86.9 Å². The third-order valence-electron chi connectivity index (χ3n) is 13.3. The first-order valence-corrected chi connectivity index (χ1v) is 23.5. The maximum absolute atomic E-state index is 12.6. The molecule has 0 aliphatic carbocycles. The maximum Gasteiger partial charge on any atom is 0.308 e. The second-order valence-corrected chi connectivity index (χ2v) is 19.0. The molecule has 368 valence electrons. The van der Waals surface area contributed by atoms with E-state index in [0.29, 0.717) is 6.42 Å². The maximum atomic E-state index is 12.6. The molecule has 0 aromatic rings. The van der Waals surface area contributed by atoms with E-state index in [2.05, 4.69) is 19.9 Å². The number of hydrogen-bond donors (Lipinski definition) is 9. The van der Waals surface area contributed by atoms with Crippen LogP contribution in [0.4, 0.5) is 0 Å². The number of rotatable bonds is 3. The Bertz CT molecular complexity index is 1650. The van der Waals surface area contributed by atoms with E-state index in [1.54, 1.807) is 6.92 Å². The van der Waals surface area contributed by atoms with Crippen LogP contribution in [0.25, 0.3) is 0 Å². The zero-order valence-electron chi connectivity index (χ0n) is 39.0. The van der Waals surface area contributed by atoms with Gasteiger partial charge in [-0.3, -0.25) is 4.79 Å². The highest BCUT2D eigenvalue weighted by molar-refractivity contribution is 5.70. The molecule has 0 aromatic carbocycles. The molecule has 0 spiro atoms. The normalized spacial score (nSPS) is 47.6. The Hall–Kier alpha value is -2.87. The van der Waals surface area contributed by atoms with E-state index >= 15 is 0 Å². The highest BCUT2D eigenvalue weighted by Crippen LogP contribution is 2.44. The fraction of sp³-hybridized carbons (Fsp3) is 0.700. The summed E-state index contributed by atoms with van der Waals surface area (Å²) in [5.41, 5.74) is 6.58. The Labute approximate surface area is 385 Å². The fourth-order valence-corrected chi connectivity index (χ4v) is 8.92. The highest BCUT2D eigenvalue weighted by atomic mass is 16.7. The number of nitrogens with two attached hydrogens (primary N) is 1. The van der Waals surface area contributed by atoms with Crippen LogP contribution < -0.4 is 5.73 Å². The summed E-state index contributed by atoms with van der Waals surface area (Å²) in [5, 5.41) is 87.4. The lowest BCUT2D eigenvalue weighted by Crippen LogP contribution is -2.56. The molecule has 20 atom stereocenters. The van der Waals surface area contributed by atoms with Crippen LogP contribution >= 0.6 is 0 Å². The van der Waals surface area contributed by atoms with Crippen molar-refractivity contribution in [3.8, 4) is 0 Å². The minimum absolute atomic E-state index is 0.0155. The number of epoxide rings is 1. The monoisotopic (exact) mass is 918 g/mol. The van der Waals surface area contributed by atoms with Gasteiger partial charge < -0.3 is 70.3 Å². The molecule has 0 saturated carbocycles. The van der Waals surface area contributed by atoms with Gasteiger partial charge in [-0.1, -0.05) is 113 Å². The van der Waals surface area contributed by atoms with Gasteiger partial charge in [0.25, 0.3) is 0 Å². The first-order valence-electron chi connectivity index (χ1n) is 23.5. The summed E-state index contributed by atoms with van der Waals surface area (Å²) in [7, 11) is 0. The lowest BCUT2D eigenvalue weighted by atomic mass is 9.80. The molecule has 15 heteroatoms. The summed E-state index contributed by atoms with van der Waals surface area (Å²) in [6, 6.07) is -0.203. The van der Waals surface area contributed by atoms with Gasteiger partial charge >= 0.3 is 5.97 Å². The number of carbonyl (C=O) groups is 1. The third kappa shape index (κ3) is 18.3. The SMILES string of the molecule is CC1C(OC2/C=C/C=C/C=C/C=C/C=C/C=C/C=C/[C@H](C)C(C)C[C@H](C)OC(=O)CC(O)CC(O)CCC(O)C(O)CC(O)CC3(O)C[C@H](O)C(C4OC4O)[C@H](C2)O3)O[C@H](C)C(C)[C@@H]1N. The first-order chi connectivity index (χ1) is 30.8. The van der Waals surface area contributed by atoms with Crippen LogP contribution in [0.5, 0.6) is 0 Å². The number of esters is 1. The number of allylic oxidation sites excluding steroid dienone is 13. The Morgan fingerprint density at radius 3 is 1.83 bits per heavy atom.